The lowest BCUT2D eigenvalue weighted by atomic mass is 9.92. The van der Waals surface area contributed by atoms with Crippen molar-refractivity contribution in [2.75, 3.05) is 20.8 Å². The SMILES string of the molecule is COc1nc(OCc2cccc(-c3cccc(COc4ccc(CNCC(=O)O)c(OC)n4)c3C)c2C)ccc1CN. The second-order valence-electron chi connectivity index (χ2n) is 9.59. The highest BCUT2D eigenvalue weighted by Gasteiger charge is 2.14. The van der Waals surface area contributed by atoms with Crippen LogP contribution in [0, 0.1) is 13.8 Å². The fraction of sp³-hybridized carbons (Fsp3) is 0.281. The molecular weight excluding hydrogens is 536 g/mol. The van der Waals surface area contributed by atoms with E-state index in [-0.39, 0.29) is 6.54 Å². The van der Waals surface area contributed by atoms with Crippen molar-refractivity contribution in [1.82, 2.24) is 15.3 Å². The molecule has 2 heterocycles. The summed E-state index contributed by atoms with van der Waals surface area (Å²) in [7, 11) is 3.08. The molecule has 0 fully saturated rings. The summed E-state index contributed by atoms with van der Waals surface area (Å²) in [5.74, 6) is 0.807. The van der Waals surface area contributed by atoms with Crippen LogP contribution in [0.5, 0.6) is 23.5 Å². The topological polar surface area (TPSA) is 138 Å². The average Bonchev–Trinajstić information content (AvgIpc) is 3.00. The van der Waals surface area contributed by atoms with Crippen LogP contribution < -0.4 is 30.0 Å². The molecule has 220 valence electrons. The first-order valence-electron chi connectivity index (χ1n) is 13.5. The maximum absolute atomic E-state index is 10.8. The first-order chi connectivity index (χ1) is 20.3. The number of ether oxygens (including phenoxy) is 4. The van der Waals surface area contributed by atoms with Gasteiger partial charge in [0.2, 0.25) is 23.5 Å². The van der Waals surface area contributed by atoms with E-state index in [1.165, 1.54) is 7.11 Å². The Morgan fingerprint density at radius 1 is 0.762 bits per heavy atom. The van der Waals surface area contributed by atoms with Gasteiger partial charge < -0.3 is 35.1 Å². The van der Waals surface area contributed by atoms with E-state index in [0.717, 1.165) is 44.5 Å². The fourth-order valence-electron chi connectivity index (χ4n) is 4.58. The minimum Gasteiger partial charge on any atom is -0.481 e. The Kier molecular flexibility index (Phi) is 10.3. The number of carbonyl (C=O) groups is 1. The molecule has 10 nitrogen and oxygen atoms in total. The lowest BCUT2D eigenvalue weighted by molar-refractivity contribution is -0.136. The molecule has 0 saturated carbocycles. The smallest absolute Gasteiger partial charge is 0.317 e. The third-order valence-electron chi connectivity index (χ3n) is 6.96. The Morgan fingerprint density at radius 3 is 1.74 bits per heavy atom. The molecule has 0 saturated heterocycles. The van der Waals surface area contributed by atoms with E-state index in [0.29, 0.717) is 49.8 Å². The summed E-state index contributed by atoms with van der Waals surface area (Å²) >= 11 is 0. The van der Waals surface area contributed by atoms with Gasteiger partial charge in [0.05, 0.1) is 20.8 Å². The van der Waals surface area contributed by atoms with Crippen molar-refractivity contribution < 1.29 is 28.8 Å². The Bertz CT molecular complexity index is 1540. The van der Waals surface area contributed by atoms with Crippen LogP contribution in [0.15, 0.2) is 60.7 Å². The summed E-state index contributed by atoms with van der Waals surface area (Å²) < 4.78 is 22.8. The molecule has 0 radical (unpaired) electrons. The van der Waals surface area contributed by atoms with Gasteiger partial charge in [-0.1, -0.05) is 36.4 Å². The van der Waals surface area contributed by atoms with Gasteiger partial charge >= 0.3 is 5.97 Å². The highest BCUT2D eigenvalue weighted by atomic mass is 16.5. The normalized spacial score (nSPS) is 10.8. The molecule has 0 aliphatic heterocycles. The van der Waals surface area contributed by atoms with Crippen LogP contribution in [-0.2, 0) is 31.1 Å². The maximum atomic E-state index is 10.8. The zero-order valence-electron chi connectivity index (χ0n) is 24.3. The molecule has 4 rings (SSSR count). The number of carboxylic acids is 1. The van der Waals surface area contributed by atoms with Crippen LogP contribution in [-0.4, -0.2) is 41.8 Å². The van der Waals surface area contributed by atoms with Gasteiger partial charge in [0.1, 0.15) is 13.2 Å². The van der Waals surface area contributed by atoms with Crippen LogP contribution >= 0.6 is 0 Å². The second kappa shape index (κ2) is 14.3. The number of methoxy groups -OCH3 is 2. The van der Waals surface area contributed by atoms with Crippen molar-refractivity contribution in [2.45, 2.75) is 40.2 Å². The van der Waals surface area contributed by atoms with Crippen molar-refractivity contribution in [3.8, 4) is 34.6 Å². The van der Waals surface area contributed by atoms with Crippen molar-refractivity contribution in [2.24, 2.45) is 5.73 Å². The van der Waals surface area contributed by atoms with Gasteiger partial charge in [-0.05, 0) is 59.4 Å². The molecule has 4 N–H and O–H groups in total. The van der Waals surface area contributed by atoms with E-state index >= 15 is 0 Å². The summed E-state index contributed by atoms with van der Waals surface area (Å²) in [5, 5.41) is 11.7. The van der Waals surface area contributed by atoms with Crippen LogP contribution in [0.4, 0.5) is 0 Å². The van der Waals surface area contributed by atoms with Gasteiger partial charge in [-0.25, -0.2) is 0 Å². The average molecular weight is 573 g/mol. The van der Waals surface area contributed by atoms with Gasteiger partial charge in [0.25, 0.3) is 0 Å². The lowest BCUT2D eigenvalue weighted by Crippen LogP contribution is -2.22. The van der Waals surface area contributed by atoms with Gasteiger partial charge in [0, 0.05) is 36.3 Å². The predicted octanol–water partition coefficient (Wildman–Crippen LogP) is 4.57. The van der Waals surface area contributed by atoms with Crippen LogP contribution in [0.25, 0.3) is 11.1 Å². The Balaban J connectivity index is 1.47. The monoisotopic (exact) mass is 572 g/mol. The lowest BCUT2D eigenvalue weighted by Gasteiger charge is -2.17. The molecular formula is C32H36N4O6. The molecule has 0 aliphatic carbocycles. The van der Waals surface area contributed by atoms with E-state index < -0.39 is 5.97 Å². The number of rotatable bonds is 14. The third kappa shape index (κ3) is 7.34. The number of nitrogens with one attached hydrogen (secondary N) is 1. The zero-order chi connectivity index (χ0) is 30.1. The minimum absolute atomic E-state index is 0.151. The number of aromatic nitrogens is 2. The largest absolute Gasteiger partial charge is 0.481 e. The molecule has 0 bridgehead atoms. The van der Waals surface area contributed by atoms with E-state index in [4.69, 9.17) is 29.8 Å². The van der Waals surface area contributed by atoms with E-state index in [9.17, 15) is 4.79 Å². The zero-order valence-corrected chi connectivity index (χ0v) is 24.3. The van der Waals surface area contributed by atoms with Crippen molar-refractivity contribution in [3.63, 3.8) is 0 Å². The number of nitrogens with two attached hydrogens (primary N) is 1. The molecule has 0 atom stereocenters. The number of carboxylic acid groups (broad SMARTS) is 1. The Labute approximate surface area is 245 Å². The summed E-state index contributed by atoms with van der Waals surface area (Å²) in [4.78, 5) is 19.6. The number of hydrogen-bond donors (Lipinski definition) is 3. The van der Waals surface area contributed by atoms with E-state index in [1.54, 1.807) is 19.2 Å². The molecule has 2 aromatic heterocycles. The van der Waals surface area contributed by atoms with Gasteiger partial charge in [0.15, 0.2) is 0 Å². The Hall–Kier alpha value is -4.67. The number of benzene rings is 2. The van der Waals surface area contributed by atoms with Gasteiger partial charge in [-0.15, -0.1) is 0 Å². The maximum Gasteiger partial charge on any atom is 0.317 e. The summed E-state index contributed by atoms with van der Waals surface area (Å²) in [5.41, 5.74) is 13.8. The molecule has 0 amide bonds. The van der Waals surface area contributed by atoms with Crippen LogP contribution in [0.1, 0.15) is 33.4 Å². The molecule has 10 heteroatoms. The molecule has 0 spiro atoms. The minimum atomic E-state index is -0.929. The van der Waals surface area contributed by atoms with Crippen molar-refractivity contribution >= 4 is 5.97 Å². The molecule has 0 unspecified atom stereocenters. The predicted molar refractivity (Wildman–Crippen MR) is 159 cm³/mol. The first kappa shape index (κ1) is 30.3. The van der Waals surface area contributed by atoms with Crippen molar-refractivity contribution in [3.05, 3.63) is 94.0 Å². The molecule has 4 aromatic rings. The number of nitrogens with zero attached hydrogens (tertiary/aromatic N) is 2. The standard InChI is InChI=1S/C32H36N4O6/c1-20-24(18-41-28-13-11-22(15-33)31(35-28)39-3)7-5-9-26(20)27-10-6-8-25(21(27)2)19-42-29-14-12-23(32(36-29)40-4)16-34-17-30(37)38/h5-14,34H,15-19,33H2,1-4H3,(H,37,38). The number of pyridine rings is 2. The third-order valence-corrected chi connectivity index (χ3v) is 6.96. The highest BCUT2D eigenvalue weighted by molar-refractivity contribution is 5.72. The van der Waals surface area contributed by atoms with E-state index in [1.807, 2.05) is 36.4 Å². The molecule has 42 heavy (non-hydrogen) atoms. The van der Waals surface area contributed by atoms with E-state index in [2.05, 4.69) is 41.3 Å². The quantitative estimate of drug-likeness (QED) is 0.197. The van der Waals surface area contributed by atoms with Crippen LogP contribution in [0.2, 0.25) is 0 Å². The number of aliphatic carboxylic acids is 1. The van der Waals surface area contributed by atoms with Crippen LogP contribution in [0.3, 0.4) is 0 Å². The fourth-order valence-corrected chi connectivity index (χ4v) is 4.58. The number of hydrogen-bond acceptors (Lipinski definition) is 9. The molecule has 0 aliphatic rings. The molecule has 2 aromatic carbocycles. The van der Waals surface area contributed by atoms with Crippen molar-refractivity contribution in [1.29, 1.82) is 0 Å². The highest BCUT2D eigenvalue weighted by Crippen LogP contribution is 2.31. The van der Waals surface area contributed by atoms with Gasteiger partial charge in [-0.2, -0.15) is 9.97 Å². The van der Waals surface area contributed by atoms with Gasteiger partial charge in [-0.3, -0.25) is 4.79 Å². The first-order valence-corrected chi connectivity index (χ1v) is 13.5. The summed E-state index contributed by atoms with van der Waals surface area (Å²) in [6.07, 6.45) is 0. The summed E-state index contributed by atoms with van der Waals surface area (Å²) in [6.45, 7) is 5.35. The second-order valence-corrected chi connectivity index (χ2v) is 9.59. The Morgan fingerprint density at radius 2 is 1.26 bits per heavy atom. The summed E-state index contributed by atoms with van der Waals surface area (Å²) in [6, 6.07) is 19.6.